The summed E-state index contributed by atoms with van der Waals surface area (Å²) in [4.78, 5) is 8.69. The summed E-state index contributed by atoms with van der Waals surface area (Å²) in [5.74, 6) is 0.687. The minimum absolute atomic E-state index is 0.687. The molecule has 1 fully saturated rings. The lowest BCUT2D eigenvalue weighted by Gasteiger charge is -2.09. The van der Waals surface area contributed by atoms with E-state index in [-0.39, 0.29) is 0 Å². The van der Waals surface area contributed by atoms with Crippen LogP contribution in [0.4, 0.5) is 0 Å². The van der Waals surface area contributed by atoms with E-state index in [1.807, 2.05) is 18.2 Å². The standard InChI is InChI=1S/C13H14ClN3/c14-10-1-2-12-11(6-10)13(17-8-16-12)5-9-3-4-15-7-9/h1-2,6,8-9,15H,3-5,7H2. The van der Waals surface area contributed by atoms with Crippen molar-refractivity contribution in [1.82, 2.24) is 15.3 Å². The Labute approximate surface area is 105 Å². The van der Waals surface area contributed by atoms with Crippen molar-refractivity contribution >= 4 is 22.5 Å². The first-order valence-electron chi connectivity index (χ1n) is 5.93. The monoisotopic (exact) mass is 247 g/mol. The topological polar surface area (TPSA) is 37.8 Å². The highest BCUT2D eigenvalue weighted by molar-refractivity contribution is 6.31. The normalized spacial score (nSPS) is 19.9. The minimum Gasteiger partial charge on any atom is -0.316 e. The van der Waals surface area contributed by atoms with Crippen LogP contribution in [0.2, 0.25) is 5.02 Å². The number of nitrogens with one attached hydrogen (secondary N) is 1. The number of benzene rings is 1. The van der Waals surface area contributed by atoms with E-state index in [0.29, 0.717) is 5.92 Å². The van der Waals surface area contributed by atoms with Gasteiger partial charge in [0.15, 0.2) is 0 Å². The van der Waals surface area contributed by atoms with Gasteiger partial charge in [0.2, 0.25) is 0 Å². The molecule has 4 heteroatoms. The van der Waals surface area contributed by atoms with E-state index >= 15 is 0 Å². The molecule has 1 saturated heterocycles. The van der Waals surface area contributed by atoms with Crippen LogP contribution >= 0.6 is 11.6 Å². The van der Waals surface area contributed by atoms with E-state index < -0.39 is 0 Å². The molecule has 2 aromatic rings. The summed E-state index contributed by atoms with van der Waals surface area (Å²) >= 11 is 6.04. The van der Waals surface area contributed by atoms with Crippen molar-refractivity contribution in [2.45, 2.75) is 12.8 Å². The van der Waals surface area contributed by atoms with Gasteiger partial charge in [-0.1, -0.05) is 11.6 Å². The first-order valence-corrected chi connectivity index (χ1v) is 6.30. The quantitative estimate of drug-likeness (QED) is 0.886. The molecule has 2 heterocycles. The van der Waals surface area contributed by atoms with E-state index in [1.165, 1.54) is 6.42 Å². The number of halogens is 1. The Kier molecular flexibility index (Phi) is 2.95. The number of fused-ring (bicyclic) bond motifs is 1. The zero-order chi connectivity index (χ0) is 11.7. The predicted octanol–water partition coefficient (Wildman–Crippen LogP) is 2.44. The second kappa shape index (κ2) is 4.59. The molecule has 0 spiro atoms. The molecule has 88 valence electrons. The fourth-order valence-electron chi connectivity index (χ4n) is 2.41. The van der Waals surface area contributed by atoms with Crippen LogP contribution < -0.4 is 5.32 Å². The summed E-state index contributed by atoms with van der Waals surface area (Å²) in [6, 6.07) is 5.79. The third-order valence-electron chi connectivity index (χ3n) is 3.32. The van der Waals surface area contributed by atoms with Crippen molar-refractivity contribution in [2.24, 2.45) is 5.92 Å². The third kappa shape index (κ3) is 2.26. The summed E-state index contributed by atoms with van der Waals surface area (Å²) in [5, 5.41) is 5.22. The number of hydrogen-bond acceptors (Lipinski definition) is 3. The van der Waals surface area contributed by atoms with Crippen LogP contribution in [0.5, 0.6) is 0 Å². The highest BCUT2D eigenvalue weighted by Crippen LogP contribution is 2.23. The molecule has 0 radical (unpaired) electrons. The van der Waals surface area contributed by atoms with Crippen LogP contribution in [0.1, 0.15) is 12.1 Å². The molecule has 1 N–H and O–H groups in total. The van der Waals surface area contributed by atoms with Crippen molar-refractivity contribution in [3.8, 4) is 0 Å². The van der Waals surface area contributed by atoms with E-state index in [2.05, 4.69) is 15.3 Å². The maximum Gasteiger partial charge on any atom is 0.116 e. The van der Waals surface area contributed by atoms with Crippen molar-refractivity contribution < 1.29 is 0 Å². The summed E-state index contributed by atoms with van der Waals surface area (Å²) in [7, 11) is 0. The fraction of sp³-hybridized carbons (Fsp3) is 0.385. The second-order valence-corrected chi connectivity index (χ2v) is 4.98. The van der Waals surface area contributed by atoms with Crippen LogP contribution in [-0.2, 0) is 6.42 Å². The Morgan fingerprint density at radius 1 is 1.35 bits per heavy atom. The van der Waals surface area contributed by atoms with Gasteiger partial charge in [-0.15, -0.1) is 0 Å². The van der Waals surface area contributed by atoms with Gasteiger partial charge in [0.25, 0.3) is 0 Å². The van der Waals surface area contributed by atoms with E-state index in [0.717, 1.165) is 41.1 Å². The lowest BCUT2D eigenvalue weighted by atomic mass is 10.00. The van der Waals surface area contributed by atoms with Gasteiger partial charge >= 0.3 is 0 Å². The first kappa shape index (κ1) is 10.9. The molecule has 0 amide bonds. The lowest BCUT2D eigenvalue weighted by molar-refractivity contribution is 0.574. The van der Waals surface area contributed by atoms with E-state index in [1.54, 1.807) is 6.33 Å². The van der Waals surface area contributed by atoms with Gasteiger partial charge in [-0.05, 0) is 50.0 Å². The van der Waals surface area contributed by atoms with Crippen molar-refractivity contribution in [1.29, 1.82) is 0 Å². The zero-order valence-corrected chi connectivity index (χ0v) is 10.2. The molecule has 1 aromatic heterocycles. The van der Waals surface area contributed by atoms with Crippen LogP contribution in [0.3, 0.4) is 0 Å². The fourth-order valence-corrected chi connectivity index (χ4v) is 2.58. The molecule has 1 aromatic carbocycles. The molecule has 17 heavy (non-hydrogen) atoms. The third-order valence-corrected chi connectivity index (χ3v) is 3.56. The van der Waals surface area contributed by atoms with Gasteiger partial charge in [0.1, 0.15) is 6.33 Å². The molecule has 0 bridgehead atoms. The maximum absolute atomic E-state index is 6.04. The maximum atomic E-state index is 6.04. The van der Waals surface area contributed by atoms with E-state index in [4.69, 9.17) is 11.6 Å². The summed E-state index contributed by atoms with van der Waals surface area (Å²) in [6.07, 6.45) is 3.88. The van der Waals surface area contributed by atoms with Crippen molar-refractivity contribution in [2.75, 3.05) is 13.1 Å². The summed E-state index contributed by atoms with van der Waals surface area (Å²) in [5.41, 5.74) is 2.09. The Morgan fingerprint density at radius 3 is 3.12 bits per heavy atom. The minimum atomic E-state index is 0.687. The molecule has 1 aliphatic rings. The average molecular weight is 248 g/mol. The van der Waals surface area contributed by atoms with Crippen LogP contribution in [0.15, 0.2) is 24.5 Å². The predicted molar refractivity (Wildman–Crippen MR) is 69.2 cm³/mol. The smallest absolute Gasteiger partial charge is 0.116 e. The van der Waals surface area contributed by atoms with Crippen molar-refractivity contribution in [3.63, 3.8) is 0 Å². The molecular formula is C13H14ClN3. The Bertz CT molecular complexity index is 535. The molecule has 0 saturated carbocycles. The largest absolute Gasteiger partial charge is 0.316 e. The van der Waals surface area contributed by atoms with Crippen LogP contribution in [-0.4, -0.2) is 23.1 Å². The van der Waals surface area contributed by atoms with Crippen LogP contribution in [0.25, 0.3) is 10.9 Å². The molecule has 1 atom stereocenters. The summed E-state index contributed by atoms with van der Waals surface area (Å²) < 4.78 is 0. The summed E-state index contributed by atoms with van der Waals surface area (Å²) in [6.45, 7) is 2.21. The van der Waals surface area contributed by atoms with E-state index in [9.17, 15) is 0 Å². The molecule has 1 aliphatic heterocycles. The highest BCUT2D eigenvalue weighted by Gasteiger charge is 2.17. The van der Waals surface area contributed by atoms with Gasteiger partial charge in [-0.3, -0.25) is 0 Å². The SMILES string of the molecule is Clc1ccc2ncnc(CC3CCNC3)c2c1. The lowest BCUT2D eigenvalue weighted by Crippen LogP contribution is -2.11. The molecule has 3 rings (SSSR count). The van der Waals surface area contributed by atoms with Gasteiger partial charge in [0.05, 0.1) is 11.2 Å². The number of hydrogen-bond donors (Lipinski definition) is 1. The van der Waals surface area contributed by atoms with Gasteiger partial charge < -0.3 is 5.32 Å². The number of aromatic nitrogens is 2. The Hall–Kier alpha value is -1.19. The zero-order valence-electron chi connectivity index (χ0n) is 9.49. The highest BCUT2D eigenvalue weighted by atomic mass is 35.5. The average Bonchev–Trinajstić information content (AvgIpc) is 2.83. The second-order valence-electron chi connectivity index (χ2n) is 4.54. The molecule has 1 unspecified atom stereocenters. The van der Waals surface area contributed by atoms with Crippen molar-refractivity contribution in [3.05, 3.63) is 35.2 Å². The van der Waals surface area contributed by atoms with Gasteiger partial charge in [-0.2, -0.15) is 0 Å². The molecule has 3 nitrogen and oxygen atoms in total. The Balaban J connectivity index is 1.99. The van der Waals surface area contributed by atoms with Gasteiger partial charge in [0, 0.05) is 10.4 Å². The van der Waals surface area contributed by atoms with Gasteiger partial charge in [-0.25, -0.2) is 9.97 Å². The molecule has 0 aliphatic carbocycles. The van der Waals surface area contributed by atoms with Crippen LogP contribution in [0, 0.1) is 5.92 Å². The molecular weight excluding hydrogens is 234 g/mol. The number of rotatable bonds is 2. The Morgan fingerprint density at radius 2 is 2.29 bits per heavy atom. The number of nitrogens with zero attached hydrogens (tertiary/aromatic N) is 2. The first-order chi connectivity index (χ1) is 8.33.